The molecule has 36 heavy (non-hydrogen) atoms. The quantitative estimate of drug-likeness (QED) is 0.219. The first kappa shape index (κ1) is 26.1. The van der Waals surface area contributed by atoms with Crippen LogP contribution in [0.3, 0.4) is 0 Å². The SMILES string of the molecule is CCOC(=O)c1c(NC(=O)CSc2ncc(-c3ccccc3)n2C[C@H]2CCCO2)sc(C(C)=O)c1C. The number of aromatic nitrogens is 2. The number of amides is 1. The zero-order valence-electron chi connectivity index (χ0n) is 20.5. The van der Waals surface area contributed by atoms with Gasteiger partial charge in [-0.2, -0.15) is 0 Å². The molecule has 0 spiro atoms. The monoisotopic (exact) mass is 527 g/mol. The van der Waals surface area contributed by atoms with Crippen molar-refractivity contribution in [3.63, 3.8) is 0 Å². The lowest BCUT2D eigenvalue weighted by atomic mass is 10.1. The van der Waals surface area contributed by atoms with Crippen molar-refractivity contribution in [3.05, 3.63) is 52.5 Å². The van der Waals surface area contributed by atoms with Crippen LogP contribution in [0, 0.1) is 6.92 Å². The van der Waals surface area contributed by atoms with Crippen LogP contribution in [-0.2, 0) is 20.8 Å². The normalized spacial score (nSPS) is 15.1. The molecule has 10 heteroatoms. The summed E-state index contributed by atoms with van der Waals surface area (Å²) in [5.74, 6) is -0.926. The van der Waals surface area contributed by atoms with Crippen molar-refractivity contribution >= 4 is 45.8 Å². The summed E-state index contributed by atoms with van der Waals surface area (Å²) < 4.78 is 13.1. The Balaban J connectivity index is 1.52. The van der Waals surface area contributed by atoms with Crippen LogP contribution in [0.1, 0.15) is 52.3 Å². The van der Waals surface area contributed by atoms with Crippen LogP contribution in [0.15, 0.2) is 41.7 Å². The maximum Gasteiger partial charge on any atom is 0.341 e. The van der Waals surface area contributed by atoms with E-state index in [1.165, 1.54) is 18.7 Å². The van der Waals surface area contributed by atoms with E-state index in [0.717, 1.165) is 47.2 Å². The predicted molar refractivity (Wildman–Crippen MR) is 141 cm³/mol. The van der Waals surface area contributed by atoms with Gasteiger partial charge < -0.3 is 19.4 Å². The molecule has 1 N–H and O–H groups in total. The minimum atomic E-state index is -0.554. The highest BCUT2D eigenvalue weighted by molar-refractivity contribution is 7.99. The van der Waals surface area contributed by atoms with Gasteiger partial charge in [-0.05, 0) is 44.7 Å². The van der Waals surface area contributed by atoms with Gasteiger partial charge in [0.15, 0.2) is 10.9 Å². The number of imidazole rings is 1. The highest BCUT2D eigenvalue weighted by Gasteiger charge is 2.26. The molecule has 190 valence electrons. The third kappa shape index (κ3) is 5.88. The largest absolute Gasteiger partial charge is 0.462 e. The lowest BCUT2D eigenvalue weighted by molar-refractivity contribution is -0.113. The number of nitrogens with one attached hydrogen (secondary N) is 1. The number of rotatable bonds is 10. The number of Topliss-reactive ketones (excluding diaryl/α,β-unsaturated/α-hetero) is 1. The summed E-state index contributed by atoms with van der Waals surface area (Å²) >= 11 is 2.42. The summed E-state index contributed by atoms with van der Waals surface area (Å²) in [7, 11) is 0. The number of benzene rings is 1. The first-order valence-corrected chi connectivity index (χ1v) is 13.7. The molecular formula is C26H29N3O5S2. The molecule has 3 aromatic rings. The summed E-state index contributed by atoms with van der Waals surface area (Å²) in [6, 6.07) is 10.0. The van der Waals surface area contributed by atoms with E-state index < -0.39 is 5.97 Å². The molecular weight excluding hydrogens is 498 g/mol. The highest BCUT2D eigenvalue weighted by atomic mass is 32.2. The number of carbonyl (C=O) groups is 3. The molecule has 0 saturated carbocycles. The zero-order valence-corrected chi connectivity index (χ0v) is 22.2. The number of ether oxygens (including phenoxy) is 2. The fraction of sp³-hybridized carbons (Fsp3) is 0.385. The zero-order chi connectivity index (χ0) is 25.7. The van der Waals surface area contributed by atoms with Crippen LogP contribution in [0.2, 0.25) is 0 Å². The fourth-order valence-corrected chi connectivity index (χ4v) is 6.06. The summed E-state index contributed by atoms with van der Waals surface area (Å²) in [6.45, 7) is 6.46. The molecule has 8 nitrogen and oxygen atoms in total. The Kier molecular flexibility index (Phi) is 8.60. The molecule has 1 atom stereocenters. The van der Waals surface area contributed by atoms with Crippen molar-refractivity contribution in [3.8, 4) is 11.3 Å². The third-order valence-corrected chi connectivity index (χ3v) is 8.13. The van der Waals surface area contributed by atoms with Gasteiger partial charge in [0.1, 0.15) is 5.00 Å². The van der Waals surface area contributed by atoms with Gasteiger partial charge in [-0.15, -0.1) is 11.3 Å². The second-order valence-corrected chi connectivity index (χ2v) is 10.4. The number of anilines is 1. The Hall–Kier alpha value is -2.95. The van der Waals surface area contributed by atoms with Gasteiger partial charge in [0.25, 0.3) is 0 Å². The maximum atomic E-state index is 12.9. The molecule has 1 amide bonds. The minimum Gasteiger partial charge on any atom is -0.462 e. The number of esters is 1. The topological polar surface area (TPSA) is 99.5 Å². The van der Waals surface area contributed by atoms with Crippen molar-refractivity contribution < 1.29 is 23.9 Å². The number of nitrogens with zero attached hydrogens (tertiary/aromatic N) is 2. The molecule has 4 rings (SSSR count). The van der Waals surface area contributed by atoms with Crippen LogP contribution < -0.4 is 5.32 Å². The molecule has 0 radical (unpaired) electrons. The standard InChI is InChI=1S/C26H29N3O5S2/c1-4-33-25(32)22-16(2)23(17(3)30)36-24(22)28-21(31)15-35-26-27-13-20(18-9-6-5-7-10-18)29(26)14-19-11-8-12-34-19/h5-7,9-10,13,19H,4,8,11-12,14-15H2,1-3H3,(H,28,31)/t19-/m1/s1. The highest BCUT2D eigenvalue weighted by Crippen LogP contribution is 2.35. The summed E-state index contributed by atoms with van der Waals surface area (Å²) in [5.41, 5.74) is 2.77. The van der Waals surface area contributed by atoms with E-state index in [2.05, 4.69) is 14.9 Å². The van der Waals surface area contributed by atoms with Crippen LogP contribution in [-0.4, -0.2) is 52.3 Å². The van der Waals surface area contributed by atoms with E-state index in [4.69, 9.17) is 9.47 Å². The van der Waals surface area contributed by atoms with Gasteiger partial charge in [0.05, 0.1) is 47.3 Å². The van der Waals surface area contributed by atoms with E-state index in [1.807, 2.05) is 36.5 Å². The Morgan fingerprint density at radius 3 is 2.72 bits per heavy atom. The lowest BCUT2D eigenvalue weighted by Gasteiger charge is -2.16. The van der Waals surface area contributed by atoms with E-state index in [9.17, 15) is 14.4 Å². The second-order valence-electron chi connectivity index (χ2n) is 8.41. The van der Waals surface area contributed by atoms with E-state index >= 15 is 0 Å². The van der Waals surface area contributed by atoms with Gasteiger partial charge in [0, 0.05) is 6.61 Å². The van der Waals surface area contributed by atoms with Crippen molar-refractivity contribution in [1.82, 2.24) is 9.55 Å². The average Bonchev–Trinajstić information content (AvgIpc) is 3.58. The first-order valence-electron chi connectivity index (χ1n) is 11.9. The predicted octanol–water partition coefficient (Wildman–Crippen LogP) is 5.21. The molecule has 0 bridgehead atoms. The number of hydrogen-bond acceptors (Lipinski definition) is 8. The third-order valence-electron chi connectivity index (χ3n) is 5.83. The fourth-order valence-electron chi connectivity index (χ4n) is 4.16. The Morgan fingerprint density at radius 2 is 2.06 bits per heavy atom. The van der Waals surface area contributed by atoms with Crippen LogP contribution in [0.25, 0.3) is 11.3 Å². The number of carbonyl (C=O) groups excluding carboxylic acids is 3. The van der Waals surface area contributed by atoms with Crippen molar-refractivity contribution in [1.29, 1.82) is 0 Å². The van der Waals surface area contributed by atoms with Crippen LogP contribution >= 0.6 is 23.1 Å². The van der Waals surface area contributed by atoms with E-state index in [-0.39, 0.29) is 35.7 Å². The van der Waals surface area contributed by atoms with Gasteiger partial charge in [-0.25, -0.2) is 9.78 Å². The molecule has 0 aliphatic carbocycles. The molecule has 2 aromatic heterocycles. The summed E-state index contributed by atoms with van der Waals surface area (Å²) in [5, 5.41) is 3.86. The summed E-state index contributed by atoms with van der Waals surface area (Å²) in [6.07, 6.45) is 3.96. The second kappa shape index (κ2) is 11.9. The average molecular weight is 528 g/mol. The number of hydrogen-bond donors (Lipinski definition) is 1. The molecule has 1 saturated heterocycles. The molecule has 1 aliphatic heterocycles. The molecule has 0 unspecified atom stereocenters. The van der Waals surface area contributed by atoms with Gasteiger partial charge in [-0.3, -0.25) is 9.59 Å². The first-order chi connectivity index (χ1) is 17.4. The van der Waals surface area contributed by atoms with Crippen LogP contribution in [0.4, 0.5) is 5.00 Å². The maximum absolute atomic E-state index is 12.9. The molecule has 1 aliphatic rings. The van der Waals surface area contributed by atoms with Gasteiger partial charge in [0.2, 0.25) is 5.91 Å². The summed E-state index contributed by atoms with van der Waals surface area (Å²) in [4.78, 5) is 42.5. The van der Waals surface area contributed by atoms with E-state index in [0.29, 0.717) is 22.0 Å². The number of thiophene rings is 1. The Labute approximate surface area is 218 Å². The molecule has 3 heterocycles. The number of thioether (sulfide) groups is 1. The van der Waals surface area contributed by atoms with Crippen molar-refractivity contribution in [2.24, 2.45) is 0 Å². The van der Waals surface area contributed by atoms with Crippen molar-refractivity contribution in [2.45, 2.75) is 51.4 Å². The van der Waals surface area contributed by atoms with Gasteiger partial charge in [-0.1, -0.05) is 42.1 Å². The Bertz CT molecular complexity index is 1250. The van der Waals surface area contributed by atoms with E-state index in [1.54, 1.807) is 13.8 Å². The molecule has 1 aromatic carbocycles. The minimum absolute atomic E-state index is 0.0887. The molecule has 1 fully saturated rings. The smallest absolute Gasteiger partial charge is 0.341 e. The van der Waals surface area contributed by atoms with Crippen LogP contribution in [0.5, 0.6) is 0 Å². The Morgan fingerprint density at radius 1 is 1.28 bits per heavy atom. The van der Waals surface area contributed by atoms with Gasteiger partial charge >= 0.3 is 5.97 Å². The number of ketones is 1. The lowest BCUT2D eigenvalue weighted by Crippen LogP contribution is -2.18. The van der Waals surface area contributed by atoms with Crippen molar-refractivity contribution in [2.75, 3.05) is 24.3 Å².